The Balaban J connectivity index is 2.10. The molecule has 0 unspecified atom stereocenters. The zero-order chi connectivity index (χ0) is 20.7. The van der Waals surface area contributed by atoms with E-state index >= 15 is 0 Å². The molecule has 0 aliphatic carbocycles. The van der Waals surface area contributed by atoms with Crippen molar-refractivity contribution in [3.8, 4) is 5.75 Å². The Kier molecular flexibility index (Phi) is 7.60. The molecule has 0 aliphatic rings. The van der Waals surface area contributed by atoms with Gasteiger partial charge in [0.2, 0.25) is 10.0 Å². The lowest BCUT2D eigenvalue weighted by molar-refractivity contribution is -0.122. The van der Waals surface area contributed by atoms with E-state index in [9.17, 15) is 13.2 Å². The molecule has 0 fully saturated rings. The van der Waals surface area contributed by atoms with Crippen molar-refractivity contribution in [1.82, 2.24) is 4.31 Å². The topological polar surface area (TPSA) is 75.7 Å². The van der Waals surface area contributed by atoms with Crippen molar-refractivity contribution >= 4 is 21.6 Å². The Morgan fingerprint density at radius 3 is 2.18 bits per heavy atom. The summed E-state index contributed by atoms with van der Waals surface area (Å²) in [7, 11) is -3.52. The van der Waals surface area contributed by atoms with Gasteiger partial charge >= 0.3 is 0 Å². The van der Waals surface area contributed by atoms with Crippen LogP contribution < -0.4 is 10.1 Å². The summed E-state index contributed by atoms with van der Waals surface area (Å²) in [5, 5.41) is 2.80. The van der Waals surface area contributed by atoms with Crippen molar-refractivity contribution in [1.29, 1.82) is 0 Å². The minimum Gasteiger partial charge on any atom is -0.480 e. The minimum atomic E-state index is -3.52. The molecule has 2 rings (SSSR count). The van der Waals surface area contributed by atoms with E-state index in [1.165, 1.54) is 16.4 Å². The van der Waals surface area contributed by atoms with Gasteiger partial charge in [-0.05, 0) is 49.2 Å². The highest BCUT2D eigenvalue weighted by Crippen LogP contribution is 2.21. The van der Waals surface area contributed by atoms with Gasteiger partial charge in [-0.2, -0.15) is 4.31 Å². The Morgan fingerprint density at radius 1 is 1.04 bits per heavy atom. The highest BCUT2D eigenvalue weighted by atomic mass is 32.2. The molecule has 6 nitrogen and oxygen atoms in total. The number of carbonyl (C=O) groups is 1. The SMILES string of the molecule is CC[C@@H](Oc1ccccc1C)C(=O)Nc1ccc(S(=O)(=O)N(CC)CC)cc1. The molecule has 1 N–H and O–H groups in total. The molecule has 0 radical (unpaired) electrons. The Bertz CT molecular complexity index is 891. The molecular formula is C21H28N2O4S. The normalized spacial score (nSPS) is 12.6. The van der Waals surface area contributed by atoms with Crippen LogP contribution in [0.4, 0.5) is 5.69 Å². The summed E-state index contributed by atoms with van der Waals surface area (Å²) in [6.07, 6.45) is -0.130. The number of hydrogen-bond donors (Lipinski definition) is 1. The maximum Gasteiger partial charge on any atom is 0.265 e. The van der Waals surface area contributed by atoms with Crippen molar-refractivity contribution < 1.29 is 17.9 Å². The van der Waals surface area contributed by atoms with Crippen molar-refractivity contribution in [2.75, 3.05) is 18.4 Å². The lowest BCUT2D eigenvalue weighted by atomic mass is 10.2. The molecule has 152 valence electrons. The molecular weight excluding hydrogens is 376 g/mol. The molecule has 7 heteroatoms. The van der Waals surface area contributed by atoms with Gasteiger partial charge in [0.1, 0.15) is 5.75 Å². The molecule has 1 atom stereocenters. The van der Waals surface area contributed by atoms with E-state index in [2.05, 4.69) is 5.32 Å². The van der Waals surface area contributed by atoms with Crippen LogP contribution in [0.3, 0.4) is 0 Å². The smallest absolute Gasteiger partial charge is 0.265 e. The van der Waals surface area contributed by atoms with Crippen LogP contribution in [0.15, 0.2) is 53.4 Å². The summed E-state index contributed by atoms with van der Waals surface area (Å²) in [6.45, 7) is 8.22. The third-order valence-electron chi connectivity index (χ3n) is 4.49. The van der Waals surface area contributed by atoms with Gasteiger partial charge in [-0.1, -0.05) is 39.0 Å². The number of benzene rings is 2. The molecule has 0 aromatic heterocycles. The van der Waals surface area contributed by atoms with Crippen LogP contribution in [0.2, 0.25) is 0 Å². The van der Waals surface area contributed by atoms with Crippen molar-refractivity contribution in [2.45, 2.75) is 45.1 Å². The first kappa shape index (κ1) is 21.9. The molecule has 28 heavy (non-hydrogen) atoms. The molecule has 0 heterocycles. The minimum absolute atomic E-state index is 0.206. The van der Waals surface area contributed by atoms with E-state index in [-0.39, 0.29) is 10.8 Å². The van der Waals surface area contributed by atoms with Gasteiger partial charge < -0.3 is 10.1 Å². The van der Waals surface area contributed by atoms with E-state index in [1.807, 2.05) is 38.1 Å². The van der Waals surface area contributed by atoms with E-state index in [1.54, 1.807) is 26.0 Å². The first-order valence-corrected chi connectivity index (χ1v) is 10.9. The molecule has 0 saturated heterocycles. The number of carbonyl (C=O) groups excluding carboxylic acids is 1. The summed E-state index contributed by atoms with van der Waals surface area (Å²) in [6, 6.07) is 13.7. The number of amides is 1. The molecule has 0 saturated carbocycles. The average Bonchev–Trinajstić information content (AvgIpc) is 2.68. The van der Waals surface area contributed by atoms with Crippen molar-refractivity contribution in [2.24, 2.45) is 0 Å². The van der Waals surface area contributed by atoms with Crippen LogP contribution in [0.5, 0.6) is 5.75 Å². The first-order valence-electron chi connectivity index (χ1n) is 9.46. The zero-order valence-electron chi connectivity index (χ0n) is 16.8. The Hall–Kier alpha value is -2.38. The maximum absolute atomic E-state index is 12.6. The van der Waals surface area contributed by atoms with E-state index < -0.39 is 16.1 Å². The number of anilines is 1. The fourth-order valence-corrected chi connectivity index (χ4v) is 4.27. The number of nitrogens with one attached hydrogen (secondary N) is 1. The van der Waals surface area contributed by atoms with Crippen LogP contribution in [0.25, 0.3) is 0 Å². The number of aryl methyl sites for hydroxylation is 1. The van der Waals surface area contributed by atoms with E-state index in [0.717, 1.165) is 5.56 Å². The fraction of sp³-hybridized carbons (Fsp3) is 0.381. The molecule has 0 aliphatic heterocycles. The van der Waals surface area contributed by atoms with Gasteiger partial charge in [0, 0.05) is 18.8 Å². The molecule has 2 aromatic rings. The monoisotopic (exact) mass is 404 g/mol. The zero-order valence-corrected chi connectivity index (χ0v) is 17.6. The summed E-state index contributed by atoms with van der Waals surface area (Å²) in [4.78, 5) is 12.8. The van der Waals surface area contributed by atoms with Gasteiger partial charge in [0.15, 0.2) is 6.10 Å². The molecule has 1 amide bonds. The third-order valence-corrected chi connectivity index (χ3v) is 6.56. The lowest BCUT2D eigenvalue weighted by Crippen LogP contribution is -2.32. The second-order valence-electron chi connectivity index (χ2n) is 6.38. The predicted octanol–water partition coefficient (Wildman–Crippen LogP) is 3.82. The Morgan fingerprint density at radius 2 is 1.64 bits per heavy atom. The van der Waals surface area contributed by atoms with Crippen molar-refractivity contribution in [3.63, 3.8) is 0 Å². The highest BCUT2D eigenvalue weighted by molar-refractivity contribution is 7.89. The van der Waals surface area contributed by atoms with Crippen LogP contribution in [0, 0.1) is 6.92 Å². The Labute approximate surface area is 167 Å². The summed E-state index contributed by atoms with van der Waals surface area (Å²) in [5.74, 6) is 0.398. The average molecular weight is 405 g/mol. The van der Waals surface area contributed by atoms with Gasteiger partial charge in [0.25, 0.3) is 5.91 Å². The van der Waals surface area contributed by atoms with E-state index in [4.69, 9.17) is 4.74 Å². The number of nitrogens with zero attached hydrogens (tertiary/aromatic N) is 1. The molecule has 0 spiro atoms. The highest BCUT2D eigenvalue weighted by Gasteiger charge is 2.22. The number of hydrogen-bond acceptors (Lipinski definition) is 4. The second-order valence-corrected chi connectivity index (χ2v) is 8.32. The standard InChI is InChI=1S/C21H28N2O4S/c1-5-19(27-20-11-9-8-10-16(20)4)21(24)22-17-12-14-18(15-13-17)28(25,26)23(6-2)7-3/h8-15,19H,5-7H2,1-4H3,(H,22,24)/t19-/m1/s1. The first-order chi connectivity index (χ1) is 13.3. The van der Waals surface area contributed by atoms with Crippen LogP contribution >= 0.6 is 0 Å². The number of ether oxygens (including phenoxy) is 1. The predicted molar refractivity (Wildman–Crippen MR) is 111 cm³/mol. The number of rotatable bonds is 9. The largest absolute Gasteiger partial charge is 0.480 e. The van der Waals surface area contributed by atoms with Crippen LogP contribution in [-0.2, 0) is 14.8 Å². The lowest BCUT2D eigenvalue weighted by Gasteiger charge is -2.20. The van der Waals surface area contributed by atoms with Crippen LogP contribution in [-0.4, -0.2) is 37.8 Å². The number of para-hydroxylation sites is 1. The van der Waals surface area contributed by atoms with Gasteiger partial charge in [-0.3, -0.25) is 4.79 Å². The second kappa shape index (κ2) is 9.71. The third kappa shape index (κ3) is 5.11. The molecule has 0 bridgehead atoms. The quantitative estimate of drug-likeness (QED) is 0.689. The molecule has 2 aromatic carbocycles. The number of sulfonamides is 1. The van der Waals surface area contributed by atoms with Gasteiger partial charge in [0.05, 0.1) is 4.90 Å². The van der Waals surface area contributed by atoms with Crippen molar-refractivity contribution in [3.05, 3.63) is 54.1 Å². The summed E-state index contributed by atoms with van der Waals surface area (Å²) >= 11 is 0. The van der Waals surface area contributed by atoms with Gasteiger partial charge in [-0.15, -0.1) is 0 Å². The maximum atomic E-state index is 12.6. The summed E-state index contributed by atoms with van der Waals surface area (Å²) < 4.78 is 32.3. The summed E-state index contributed by atoms with van der Waals surface area (Å²) in [5.41, 5.74) is 1.48. The fourth-order valence-electron chi connectivity index (χ4n) is 2.81. The van der Waals surface area contributed by atoms with Gasteiger partial charge in [-0.25, -0.2) is 8.42 Å². The van der Waals surface area contributed by atoms with Crippen LogP contribution in [0.1, 0.15) is 32.8 Å². The van der Waals surface area contributed by atoms with E-state index in [0.29, 0.717) is 30.9 Å².